The van der Waals surface area contributed by atoms with Crippen molar-refractivity contribution in [2.24, 2.45) is 0 Å². The van der Waals surface area contributed by atoms with E-state index in [1.165, 1.54) is 25.3 Å². The van der Waals surface area contributed by atoms with Gasteiger partial charge in [-0.2, -0.15) is 0 Å². The molecule has 0 saturated carbocycles. The maximum absolute atomic E-state index is 13.6. The normalized spacial score (nSPS) is 10.9. The lowest BCUT2D eigenvalue weighted by molar-refractivity contribution is -0.111. The number of carbonyl (C=O) groups is 1. The Morgan fingerprint density at radius 2 is 2.00 bits per heavy atom. The molecule has 1 heterocycles. The van der Waals surface area contributed by atoms with Gasteiger partial charge in [-0.15, -0.1) is 0 Å². The Hall–Kier alpha value is -3.28. The van der Waals surface area contributed by atoms with Gasteiger partial charge in [-0.3, -0.25) is 9.78 Å². The average Bonchev–Trinajstić information content (AvgIpc) is 2.60. The van der Waals surface area contributed by atoms with Crippen LogP contribution in [0.1, 0.15) is 5.69 Å². The molecule has 0 spiro atoms. The van der Waals surface area contributed by atoms with E-state index in [4.69, 9.17) is 4.74 Å². The number of halogens is 1. The Bertz CT molecular complexity index is 925. The molecule has 1 amide bonds. The molecule has 0 aliphatic rings. The first-order valence-electron chi connectivity index (χ1n) is 7.20. The fraction of sp³-hybridized carbons (Fsp3) is 0.0556. The highest BCUT2D eigenvalue weighted by molar-refractivity contribution is 6.01. The van der Waals surface area contributed by atoms with Gasteiger partial charge in [-0.25, -0.2) is 9.37 Å². The molecule has 0 radical (unpaired) electrons. The third kappa shape index (κ3) is 3.55. The third-order valence-electron chi connectivity index (χ3n) is 3.29. The predicted octanol–water partition coefficient (Wildman–Crippen LogP) is 3.43. The number of methoxy groups -OCH3 is 1. The fourth-order valence-corrected chi connectivity index (χ4v) is 2.14. The topological polar surface area (TPSA) is 64.1 Å². The number of amides is 1. The zero-order valence-corrected chi connectivity index (χ0v) is 12.9. The predicted molar refractivity (Wildman–Crippen MR) is 90.2 cm³/mol. The van der Waals surface area contributed by atoms with Crippen molar-refractivity contribution in [3.8, 4) is 5.75 Å². The van der Waals surface area contributed by atoms with Gasteiger partial charge in [0.2, 0.25) is 5.91 Å². The van der Waals surface area contributed by atoms with Gasteiger partial charge in [0.25, 0.3) is 0 Å². The van der Waals surface area contributed by atoms with Crippen molar-refractivity contribution < 1.29 is 13.9 Å². The van der Waals surface area contributed by atoms with Gasteiger partial charge in [0.05, 0.1) is 30.0 Å². The number of para-hydroxylation sites is 2. The summed E-state index contributed by atoms with van der Waals surface area (Å²) in [6.07, 6.45) is 4.45. The summed E-state index contributed by atoms with van der Waals surface area (Å²) in [7, 11) is 1.38. The molecule has 0 aliphatic carbocycles. The number of benzene rings is 2. The molecule has 0 saturated heterocycles. The Balaban J connectivity index is 1.71. The first-order chi connectivity index (χ1) is 11.7. The summed E-state index contributed by atoms with van der Waals surface area (Å²) in [5, 5.41) is 2.57. The van der Waals surface area contributed by atoms with E-state index in [1.807, 2.05) is 24.3 Å². The van der Waals surface area contributed by atoms with E-state index in [1.54, 1.807) is 18.3 Å². The fourth-order valence-electron chi connectivity index (χ4n) is 2.14. The number of nitrogens with one attached hydrogen (secondary N) is 1. The third-order valence-corrected chi connectivity index (χ3v) is 3.29. The van der Waals surface area contributed by atoms with E-state index in [-0.39, 0.29) is 5.75 Å². The molecule has 3 aromatic rings. The molecule has 2 aromatic carbocycles. The van der Waals surface area contributed by atoms with Gasteiger partial charge in [-0.1, -0.05) is 12.1 Å². The van der Waals surface area contributed by atoms with Crippen LogP contribution in [0.3, 0.4) is 0 Å². The molecular formula is C18H14FN3O2. The molecule has 0 unspecified atom stereocenters. The summed E-state index contributed by atoms with van der Waals surface area (Å²) in [6.45, 7) is 0. The van der Waals surface area contributed by atoms with Crippen LogP contribution in [0, 0.1) is 5.82 Å². The second-order valence-electron chi connectivity index (χ2n) is 4.96. The van der Waals surface area contributed by atoms with E-state index in [2.05, 4.69) is 15.3 Å². The highest BCUT2D eigenvalue weighted by Gasteiger charge is 2.05. The van der Waals surface area contributed by atoms with Crippen LogP contribution in [-0.2, 0) is 4.79 Å². The second kappa shape index (κ2) is 6.87. The molecule has 1 N–H and O–H groups in total. The zero-order valence-electron chi connectivity index (χ0n) is 12.9. The second-order valence-corrected chi connectivity index (χ2v) is 4.96. The van der Waals surface area contributed by atoms with Gasteiger partial charge < -0.3 is 10.1 Å². The summed E-state index contributed by atoms with van der Waals surface area (Å²) in [4.78, 5) is 20.6. The van der Waals surface area contributed by atoms with E-state index >= 15 is 0 Å². The molecule has 24 heavy (non-hydrogen) atoms. The number of fused-ring (bicyclic) bond motifs is 1. The maximum Gasteiger partial charge on any atom is 0.248 e. The first kappa shape index (κ1) is 15.6. The lowest BCUT2D eigenvalue weighted by Crippen LogP contribution is -2.08. The Labute approximate surface area is 137 Å². The molecule has 120 valence electrons. The van der Waals surface area contributed by atoms with Crippen molar-refractivity contribution in [3.05, 3.63) is 66.2 Å². The minimum absolute atomic E-state index is 0.120. The van der Waals surface area contributed by atoms with Gasteiger partial charge in [-0.05, 0) is 30.3 Å². The van der Waals surface area contributed by atoms with Crippen LogP contribution in [0.2, 0.25) is 0 Å². The van der Waals surface area contributed by atoms with Crippen LogP contribution < -0.4 is 10.1 Å². The summed E-state index contributed by atoms with van der Waals surface area (Å²) < 4.78 is 18.4. The summed E-state index contributed by atoms with van der Waals surface area (Å²) in [5.74, 6) is -0.816. The van der Waals surface area contributed by atoms with Crippen molar-refractivity contribution in [3.63, 3.8) is 0 Å². The largest absolute Gasteiger partial charge is 0.494 e. The van der Waals surface area contributed by atoms with Crippen LogP contribution in [0.25, 0.3) is 17.1 Å². The minimum atomic E-state index is -0.542. The van der Waals surface area contributed by atoms with Crippen molar-refractivity contribution in [1.29, 1.82) is 0 Å². The standard InChI is InChI=1S/C18H14FN3O2/c1-24-17-8-6-12(10-14(17)19)22-18(23)9-7-13-11-20-15-4-2-3-5-16(15)21-13/h2-11H,1H3,(H,22,23)/b9-7+. The SMILES string of the molecule is COc1ccc(NC(=O)/C=C/c2cnc3ccccc3n2)cc1F. The number of carbonyl (C=O) groups excluding carboxylic acids is 1. The zero-order chi connectivity index (χ0) is 16.9. The molecule has 6 heteroatoms. The van der Waals surface area contributed by atoms with E-state index in [0.717, 1.165) is 11.0 Å². The average molecular weight is 323 g/mol. The van der Waals surface area contributed by atoms with Crippen LogP contribution in [0.5, 0.6) is 5.75 Å². The molecule has 1 aromatic heterocycles. The summed E-state index contributed by atoms with van der Waals surface area (Å²) in [6, 6.07) is 11.7. The number of hydrogen-bond donors (Lipinski definition) is 1. The smallest absolute Gasteiger partial charge is 0.248 e. The van der Waals surface area contributed by atoms with Crippen LogP contribution >= 0.6 is 0 Å². The lowest BCUT2D eigenvalue weighted by Gasteiger charge is -2.05. The summed E-state index contributed by atoms with van der Waals surface area (Å²) >= 11 is 0. The highest BCUT2D eigenvalue weighted by atomic mass is 19.1. The van der Waals surface area contributed by atoms with Crippen LogP contribution in [0.15, 0.2) is 54.7 Å². The number of hydrogen-bond acceptors (Lipinski definition) is 4. The Kier molecular flexibility index (Phi) is 4.47. The van der Waals surface area contributed by atoms with Crippen molar-refractivity contribution >= 4 is 28.7 Å². The molecule has 0 aliphatic heterocycles. The van der Waals surface area contributed by atoms with Crippen LogP contribution in [0.4, 0.5) is 10.1 Å². The lowest BCUT2D eigenvalue weighted by atomic mass is 10.2. The van der Waals surface area contributed by atoms with E-state index in [0.29, 0.717) is 11.4 Å². The molecule has 5 nitrogen and oxygen atoms in total. The quantitative estimate of drug-likeness (QED) is 0.747. The monoisotopic (exact) mass is 323 g/mol. The first-order valence-corrected chi connectivity index (χ1v) is 7.20. The Morgan fingerprint density at radius 3 is 2.75 bits per heavy atom. The molecular weight excluding hydrogens is 309 g/mol. The van der Waals surface area contributed by atoms with Gasteiger partial charge in [0.1, 0.15) is 0 Å². The van der Waals surface area contributed by atoms with Crippen molar-refractivity contribution in [1.82, 2.24) is 9.97 Å². The Morgan fingerprint density at radius 1 is 1.21 bits per heavy atom. The van der Waals surface area contributed by atoms with Gasteiger partial charge in [0, 0.05) is 17.8 Å². The van der Waals surface area contributed by atoms with Crippen molar-refractivity contribution in [2.75, 3.05) is 12.4 Å². The maximum atomic E-state index is 13.6. The van der Waals surface area contributed by atoms with Gasteiger partial charge in [0.15, 0.2) is 11.6 Å². The van der Waals surface area contributed by atoms with E-state index in [9.17, 15) is 9.18 Å². The molecule has 0 fully saturated rings. The van der Waals surface area contributed by atoms with Crippen LogP contribution in [-0.4, -0.2) is 23.0 Å². The summed E-state index contributed by atoms with van der Waals surface area (Å²) in [5.41, 5.74) is 2.43. The number of aromatic nitrogens is 2. The molecule has 0 atom stereocenters. The van der Waals surface area contributed by atoms with E-state index < -0.39 is 11.7 Å². The van der Waals surface area contributed by atoms with Gasteiger partial charge >= 0.3 is 0 Å². The number of anilines is 1. The molecule has 0 bridgehead atoms. The highest BCUT2D eigenvalue weighted by Crippen LogP contribution is 2.20. The number of ether oxygens (including phenoxy) is 1. The number of nitrogens with zero attached hydrogens (tertiary/aromatic N) is 2. The minimum Gasteiger partial charge on any atom is -0.494 e. The molecule has 3 rings (SSSR count). The number of rotatable bonds is 4. The van der Waals surface area contributed by atoms with Crippen molar-refractivity contribution in [2.45, 2.75) is 0 Å².